The molecule has 0 atom stereocenters. The number of hydrogen-bond acceptors (Lipinski definition) is 4. The maximum Gasteiger partial charge on any atom is 0.353 e. The summed E-state index contributed by atoms with van der Waals surface area (Å²) >= 11 is 1.28. The van der Waals surface area contributed by atoms with E-state index in [0.29, 0.717) is 4.88 Å². The van der Waals surface area contributed by atoms with Crippen LogP contribution in [0.5, 0.6) is 5.75 Å². The number of aromatic nitrogens is 2. The van der Waals surface area contributed by atoms with Crippen LogP contribution < -0.4 is 4.74 Å². The lowest BCUT2D eigenvalue weighted by Gasteiger charge is -2.03. The number of carbonyl (C=O) groups excluding carboxylic acids is 1. The Morgan fingerprint density at radius 3 is 2.60 bits per heavy atom. The fourth-order valence-electron chi connectivity index (χ4n) is 2.57. The van der Waals surface area contributed by atoms with Gasteiger partial charge in [-0.25, -0.2) is 13.9 Å². The maximum absolute atomic E-state index is 13.7. The molecule has 2 heterocycles. The van der Waals surface area contributed by atoms with Crippen molar-refractivity contribution in [1.29, 1.82) is 0 Å². The third-order valence-corrected chi connectivity index (χ3v) is 4.88. The molecule has 0 N–H and O–H groups in total. The zero-order valence-electron chi connectivity index (χ0n) is 13.3. The Bertz CT molecular complexity index is 1070. The molecule has 6 heteroatoms. The van der Waals surface area contributed by atoms with Gasteiger partial charge in [0, 0.05) is 5.39 Å². The highest BCUT2D eigenvalue weighted by atomic mass is 32.1. The van der Waals surface area contributed by atoms with Gasteiger partial charge in [-0.05, 0) is 37.3 Å². The molecule has 4 rings (SSSR count). The van der Waals surface area contributed by atoms with Crippen molar-refractivity contribution >= 4 is 27.5 Å². The van der Waals surface area contributed by atoms with Gasteiger partial charge in [0.15, 0.2) is 11.6 Å². The van der Waals surface area contributed by atoms with Crippen LogP contribution in [-0.4, -0.2) is 15.7 Å². The quantitative estimate of drug-likeness (QED) is 0.395. The van der Waals surface area contributed by atoms with Gasteiger partial charge in [-0.2, -0.15) is 5.10 Å². The number of halogens is 1. The van der Waals surface area contributed by atoms with E-state index >= 15 is 0 Å². The first-order valence-corrected chi connectivity index (χ1v) is 8.46. The van der Waals surface area contributed by atoms with Crippen molar-refractivity contribution in [2.45, 2.75) is 6.92 Å². The monoisotopic (exact) mass is 352 g/mol. The summed E-state index contributed by atoms with van der Waals surface area (Å²) in [5.41, 5.74) is 1.73. The summed E-state index contributed by atoms with van der Waals surface area (Å²) in [6, 6.07) is 17.3. The van der Waals surface area contributed by atoms with Crippen LogP contribution >= 0.6 is 11.3 Å². The van der Waals surface area contributed by atoms with Gasteiger partial charge in [-0.1, -0.05) is 30.3 Å². The van der Waals surface area contributed by atoms with E-state index in [2.05, 4.69) is 5.10 Å². The third-order valence-electron chi connectivity index (χ3n) is 3.79. The predicted octanol–water partition coefficient (Wildman–Crippen LogP) is 4.75. The van der Waals surface area contributed by atoms with E-state index in [4.69, 9.17) is 4.74 Å². The number of ether oxygens (including phenoxy) is 1. The number of esters is 1. The van der Waals surface area contributed by atoms with Gasteiger partial charge in [0.1, 0.15) is 9.71 Å². The fraction of sp³-hybridized carbons (Fsp3) is 0.0526. The number of carbonyl (C=O) groups is 1. The summed E-state index contributed by atoms with van der Waals surface area (Å²) in [7, 11) is 0. The molecule has 0 saturated heterocycles. The average Bonchev–Trinajstić information content (AvgIpc) is 3.19. The molecular weight excluding hydrogens is 339 g/mol. The topological polar surface area (TPSA) is 44.1 Å². The van der Waals surface area contributed by atoms with Crippen LogP contribution in [0.4, 0.5) is 4.39 Å². The minimum Gasteiger partial charge on any atom is -0.419 e. The number of thiophene rings is 1. The first kappa shape index (κ1) is 15.5. The second kappa shape index (κ2) is 6.14. The number of para-hydroxylation sites is 2. The Kier molecular flexibility index (Phi) is 3.82. The second-order valence-electron chi connectivity index (χ2n) is 5.48. The molecule has 2 aromatic heterocycles. The predicted molar refractivity (Wildman–Crippen MR) is 95.0 cm³/mol. The van der Waals surface area contributed by atoms with Crippen molar-refractivity contribution in [1.82, 2.24) is 9.78 Å². The van der Waals surface area contributed by atoms with Crippen molar-refractivity contribution in [3.63, 3.8) is 0 Å². The zero-order valence-corrected chi connectivity index (χ0v) is 14.1. The Morgan fingerprint density at radius 1 is 1.12 bits per heavy atom. The molecule has 0 aliphatic carbocycles. The molecule has 0 amide bonds. The number of nitrogens with zero attached hydrogens (tertiary/aromatic N) is 2. The highest BCUT2D eigenvalue weighted by Crippen LogP contribution is 2.31. The average molecular weight is 352 g/mol. The Morgan fingerprint density at radius 2 is 1.84 bits per heavy atom. The van der Waals surface area contributed by atoms with E-state index in [9.17, 15) is 9.18 Å². The van der Waals surface area contributed by atoms with E-state index in [0.717, 1.165) is 21.6 Å². The van der Waals surface area contributed by atoms with Gasteiger partial charge in [0.05, 0.1) is 11.4 Å². The lowest BCUT2D eigenvalue weighted by Crippen LogP contribution is -2.07. The Balaban J connectivity index is 1.72. The lowest BCUT2D eigenvalue weighted by molar-refractivity contribution is 0.0733. The molecule has 4 nitrogen and oxygen atoms in total. The van der Waals surface area contributed by atoms with Gasteiger partial charge in [0.25, 0.3) is 0 Å². The number of hydrogen-bond donors (Lipinski definition) is 0. The summed E-state index contributed by atoms with van der Waals surface area (Å²) < 4.78 is 20.7. The number of fused-ring (bicyclic) bond motifs is 1. The van der Waals surface area contributed by atoms with Crippen molar-refractivity contribution in [2.24, 2.45) is 0 Å². The molecule has 0 unspecified atom stereocenters. The van der Waals surface area contributed by atoms with E-state index in [-0.39, 0.29) is 5.75 Å². The third kappa shape index (κ3) is 2.81. The molecule has 4 aromatic rings. The summed E-state index contributed by atoms with van der Waals surface area (Å²) in [6.45, 7) is 1.89. The van der Waals surface area contributed by atoms with Gasteiger partial charge in [0.2, 0.25) is 0 Å². The van der Waals surface area contributed by atoms with Gasteiger partial charge < -0.3 is 4.74 Å². The van der Waals surface area contributed by atoms with Crippen molar-refractivity contribution < 1.29 is 13.9 Å². The van der Waals surface area contributed by atoms with Crippen molar-refractivity contribution in [2.75, 3.05) is 0 Å². The molecule has 0 saturated carbocycles. The van der Waals surface area contributed by atoms with Crippen molar-refractivity contribution in [3.05, 3.63) is 77.1 Å². The molecule has 0 bridgehead atoms. The van der Waals surface area contributed by atoms with Crippen LogP contribution in [-0.2, 0) is 0 Å². The fourth-order valence-corrected chi connectivity index (χ4v) is 3.63. The molecule has 0 aliphatic heterocycles. The lowest BCUT2D eigenvalue weighted by atomic mass is 10.3. The summed E-state index contributed by atoms with van der Waals surface area (Å²) in [5.74, 6) is -1.22. The smallest absolute Gasteiger partial charge is 0.353 e. The summed E-state index contributed by atoms with van der Waals surface area (Å²) in [4.78, 5) is 13.6. The number of benzene rings is 2. The van der Waals surface area contributed by atoms with Crippen LogP contribution in [0, 0.1) is 12.7 Å². The molecular formula is C19H13FN2O2S. The maximum atomic E-state index is 13.7. The molecule has 0 fully saturated rings. The van der Waals surface area contributed by atoms with E-state index in [1.165, 1.54) is 23.5 Å². The van der Waals surface area contributed by atoms with Crippen molar-refractivity contribution in [3.8, 4) is 11.4 Å². The first-order chi connectivity index (χ1) is 12.1. The molecule has 0 aliphatic rings. The standard InChI is InChI=1S/C19H13FN2O2S/c1-12-14-11-17(19(23)24-16-10-6-5-9-15(16)20)25-18(14)22(21-12)13-7-3-2-4-8-13/h2-11H,1H3. The van der Waals surface area contributed by atoms with Crippen LogP contribution in [0.2, 0.25) is 0 Å². The normalized spacial score (nSPS) is 11.0. The van der Waals surface area contributed by atoms with Crippen LogP contribution in [0.3, 0.4) is 0 Å². The van der Waals surface area contributed by atoms with Crippen LogP contribution in [0.1, 0.15) is 15.4 Å². The largest absolute Gasteiger partial charge is 0.419 e. The first-order valence-electron chi connectivity index (χ1n) is 7.65. The minimum atomic E-state index is -0.578. The highest BCUT2D eigenvalue weighted by Gasteiger charge is 2.19. The molecule has 25 heavy (non-hydrogen) atoms. The van der Waals surface area contributed by atoms with Gasteiger partial charge in [-0.3, -0.25) is 0 Å². The minimum absolute atomic E-state index is 0.0774. The van der Waals surface area contributed by atoms with Crippen LogP contribution in [0.15, 0.2) is 60.7 Å². The summed E-state index contributed by atoms with van der Waals surface area (Å²) in [6.07, 6.45) is 0. The SMILES string of the molecule is Cc1nn(-c2ccccc2)c2sc(C(=O)Oc3ccccc3F)cc12. The number of rotatable bonds is 3. The van der Waals surface area contributed by atoms with E-state index < -0.39 is 11.8 Å². The van der Waals surface area contributed by atoms with Crippen LogP contribution in [0.25, 0.3) is 15.9 Å². The molecule has 124 valence electrons. The Labute approximate surface area is 147 Å². The van der Waals surface area contributed by atoms with Gasteiger partial charge >= 0.3 is 5.97 Å². The summed E-state index contributed by atoms with van der Waals surface area (Å²) in [5, 5.41) is 5.42. The van der Waals surface area contributed by atoms with E-state index in [1.807, 2.05) is 37.3 Å². The molecule has 2 aromatic carbocycles. The highest BCUT2D eigenvalue weighted by molar-refractivity contribution is 7.20. The Hall–Kier alpha value is -2.99. The van der Waals surface area contributed by atoms with E-state index in [1.54, 1.807) is 22.9 Å². The second-order valence-corrected chi connectivity index (χ2v) is 6.51. The number of aryl methyl sites for hydroxylation is 1. The zero-order chi connectivity index (χ0) is 17.4. The van der Waals surface area contributed by atoms with Gasteiger partial charge in [-0.15, -0.1) is 11.3 Å². The molecule has 0 radical (unpaired) electrons. The molecule has 0 spiro atoms.